The first-order valence-electron chi connectivity index (χ1n) is 14.4. The molecule has 0 aliphatic rings. The minimum absolute atomic E-state index is 0.00417. The zero-order chi connectivity index (χ0) is 26.2. The molecule has 1 atom stereocenters. The summed E-state index contributed by atoms with van der Waals surface area (Å²) in [5.41, 5.74) is 0. The Bertz CT molecular complexity index is 542. The molecular formula is C28H55N3O4. The first-order chi connectivity index (χ1) is 16.9. The van der Waals surface area contributed by atoms with Crippen LogP contribution in [0.5, 0.6) is 0 Å². The van der Waals surface area contributed by atoms with E-state index in [2.05, 4.69) is 24.5 Å². The van der Waals surface area contributed by atoms with Crippen molar-refractivity contribution in [1.29, 1.82) is 0 Å². The lowest BCUT2D eigenvalue weighted by Crippen LogP contribution is -2.46. The minimum atomic E-state index is -0.993. The van der Waals surface area contributed by atoms with Crippen LogP contribution >= 0.6 is 0 Å². The van der Waals surface area contributed by atoms with Crippen LogP contribution in [-0.2, 0) is 14.4 Å². The van der Waals surface area contributed by atoms with Gasteiger partial charge in [-0.15, -0.1) is 0 Å². The minimum Gasteiger partial charge on any atom is -0.480 e. The van der Waals surface area contributed by atoms with Crippen molar-refractivity contribution < 1.29 is 19.5 Å². The Hall–Kier alpha value is -1.63. The first-order valence-corrected chi connectivity index (χ1v) is 14.4. The van der Waals surface area contributed by atoms with Crippen molar-refractivity contribution in [2.24, 2.45) is 0 Å². The van der Waals surface area contributed by atoms with Gasteiger partial charge in [-0.1, -0.05) is 104 Å². The number of nitrogens with zero attached hydrogens (tertiary/aromatic N) is 1. The Kier molecular flexibility index (Phi) is 23.0. The van der Waals surface area contributed by atoms with Gasteiger partial charge >= 0.3 is 5.97 Å². The molecule has 7 nitrogen and oxygen atoms in total. The predicted octanol–water partition coefficient (Wildman–Crippen LogP) is 5.67. The normalized spacial score (nSPS) is 12.0. The number of rotatable bonds is 25. The van der Waals surface area contributed by atoms with E-state index in [9.17, 15) is 19.5 Å². The largest absolute Gasteiger partial charge is 0.480 e. The van der Waals surface area contributed by atoms with Gasteiger partial charge < -0.3 is 15.7 Å². The topological polar surface area (TPSA) is 98.7 Å². The van der Waals surface area contributed by atoms with Crippen LogP contribution in [-0.4, -0.2) is 60.0 Å². The molecule has 0 saturated heterocycles. The van der Waals surface area contributed by atoms with Gasteiger partial charge in [0.1, 0.15) is 0 Å². The number of amides is 2. The number of carboxylic acids is 1. The molecule has 0 heterocycles. The van der Waals surface area contributed by atoms with E-state index in [1.54, 1.807) is 4.90 Å². The molecule has 0 aromatic heterocycles. The second-order valence-corrected chi connectivity index (χ2v) is 10.0. The fraction of sp³-hybridized carbons (Fsp3) is 0.893. The average molecular weight is 498 g/mol. The van der Waals surface area contributed by atoms with E-state index in [0.717, 1.165) is 25.7 Å². The van der Waals surface area contributed by atoms with Crippen LogP contribution in [0.3, 0.4) is 0 Å². The van der Waals surface area contributed by atoms with E-state index < -0.39 is 5.97 Å². The van der Waals surface area contributed by atoms with Crippen LogP contribution in [0.25, 0.3) is 0 Å². The summed E-state index contributed by atoms with van der Waals surface area (Å²) in [5, 5.41) is 15.1. The van der Waals surface area contributed by atoms with Crippen LogP contribution in [0.15, 0.2) is 0 Å². The van der Waals surface area contributed by atoms with Gasteiger partial charge in [-0.2, -0.15) is 0 Å². The highest BCUT2D eigenvalue weighted by atomic mass is 16.4. The zero-order valence-electron chi connectivity index (χ0n) is 23.0. The lowest BCUT2D eigenvalue weighted by Gasteiger charge is -2.26. The van der Waals surface area contributed by atoms with Crippen molar-refractivity contribution in [3.8, 4) is 0 Å². The van der Waals surface area contributed by atoms with Crippen molar-refractivity contribution >= 4 is 17.8 Å². The molecule has 0 fully saturated rings. The summed E-state index contributed by atoms with van der Waals surface area (Å²) in [7, 11) is 0. The Labute approximate surface area is 215 Å². The maximum Gasteiger partial charge on any atom is 0.317 e. The van der Waals surface area contributed by atoms with E-state index in [0.29, 0.717) is 13.1 Å². The van der Waals surface area contributed by atoms with Gasteiger partial charge in [-0.05, 0) is 19.8 Å². The highest BCUT2D eigenvalue weighted by molar-refractivity contribution is 5.80. The molecule has 1 unspecified atom stereocenters. The van der Waals surface area contributed by atoms with Crippen LogP contribution < -0.4 is 10.6 Å². The molecule has 206 valence electrons. The molecule has 0 aliphatic carbocycles. The molecule has 0 spiro atoms. The second-order valence-electron chi connectivity index (χ2n) is 10.0. The van der Waals surface area contributed by atoms with E-state index in [-0.39, 0.29) is 37.4 Å². The van der Waals surface area contributed by atoms with Crippen molar-refractivity contribution in [3.05, 3.63) is 0 Å². The van der Waals surface area contributed by atoms with Gasteiger partial charge in [0, 0.05) is 25.6 Å². The maximum atomic E-state index is 12.3. The van der Waals surface area contributed by atoms with Gasteiger partial charge in [-0.25, -0.2) is 0 Å². The third-order valence-electron chi connectivity index (χ3n) is 6.49. The lowest BCUT2D eigenvalue weighted by atomic mass is 10.1. The Morgan fingerprint density at radius 3 is 1.46 bits per heavy atom. The molecular weight excluding hydrogens is 442 g/mol. The third kappa shape index (κ3) is 22.6. The molecule has 0 rings (SSSR count). The first kappa shape index (κ1) is 33.4. The number of nitrogens with one attached hydrogen (secondary N) is 2. The Balaban J connectivity index is 4.06. The zero-order valence-corrected chi connectivity index (χ0v) is 23.0. The van der Waals surface area contributed by atoms with Gasteiger partial charge in [0.15, 0.2) is 0 Å². The summed E-state index contributed by atoms with van der Waals surface area (Å²) in [6.45, 7) is 7.26. The van der Waals surface area contributed by atoms with Crippen molar-refractivity contribution in [1.82, 2.24) is 15.5 Å². The van der Waals surface area contributed by atoms with Crippen molar-refractivity contribution in [2.45, 2.75) is 136 Å². The van der Waals surface area contributed by atoms with Crippen molar-refractivity contribution in [2.75, 3.05) is 26.2 Å². The number of carboxylic acid groups (broad SMARTS) is 1. The molecule has 3 N–H and O–H groups in total. The van der Waals surface area contributed by atoms with E-state index in [1.807, 2.05) is 6.92 Å². The number of hydrogen-bond donors (Lipinski definition) is 3. The third-order valence-corrected chi connectivity index (χ3v) is 6.49. The fourth-order valence-electron chi connectivity index (χ4n) is 4.22. The van der Waals surface area contributed by atoms with Gasteiger partial charge in [0.05, 0.1) is 13.1 Å². The summed E-state index contributed by atoms with van der Waals surface area (Å²) < 4.78 is 0. The summed E-state index contributed by atoms with van der Waals surface area (Å²) in [4.78, 5) is 37.5. The average Bonchev–Trinajstić information content (AvgIpc) is 2.81. The summed E-state index contributed by atoms with van der Waals surface area (Å²) in [6, 6.07) is -0.321. The summed E-state index contributed by atoms with van der Waals surface area (Å²) in [5.74, 6) is -1.26. The van der Waals surface area contributed by atoms with Gasteiger partial charge in [0.25, 0.3) is 0 Å². The number of aliphatic carboxylic acids is 1. The molecule has 7 heteroatoms. The summed E-state index contributed by atoms with van der Waals surface area (Å²) >= 11 is 0. The molecule has 0 aromatic rings. The fourth-order valence-corrected chi connectivity index (χ4v) is 4.22. The van der Waals surface area contributed by atoms with E-state index >= 15 is 0 Å². The smallest absolute Gasteiger partial charge is 0.317 e. The van der Waals surface area contributed by atoms with Crippen molar-refractivity contribution in [3.63, 3.8) is 0 Å². The Morgan fingerprint density at radius 2 is 1.03 bits per heavy atom. The highest BCUT2D eigenvalue weighted by Crippen LogP contribution is 2.09. The number of carbonyl (C=O) groups is 3. The number of hydrogen-bond acceptors (Lipinski definition) is 4. The van der Waals surface area contributed by atoms with Crippen LogP contribution in [0.4, 0.5) is 0 Å². The van der Waals surface area contributed by atoms with Crippen LogP contribution in [0.2, 0.25) is 0 Å². The molecule has 0 bridgehead atoms. The molecule has 0 aromatic carbocycles. The Morgan fingerprint density at radius 1 is 0.629 bits per heavy atom. The van der Waals surface area contributed by atoms with E-state index in [4.69, 9.17) is 0 Å². The van der Waals surface area contributed by atoms with Gasteiger partial charge in [0.2, 0.25) is 11.8 Å². The number of carbonyl (C=O) groups excluding carboxylic acids is 2. The molecule has 0 aliphatic heterocycles. The summed E-state index contributed by atoms with van der Waals surface area (Å²) in [6.07, 6.45) is 19.6. The second kappa shape index (κ2) is 24.1. The highest BCUT2D eigenvalue weighted by Gasteiger charge is 2.22. The van der Waals surface area contributed by atoms with Crippen LogP contribution in [0.1, 0.15) is 130 Å². The predicted molar refractivity (Wildman–Crippen MR) is 145 cm³/mol. The monoisotopic (exact) mass is 497 g/mol. The lowest BCUT2D eigenvalue weighted by molar-refractivity contribution is -0.140. The molecule has 0 radical (unpaired) electrons. The quantitative estimate of drug-likeness (QED) is 0.141. The SMILES string of the molecule is CCCCCCCCCCNC(=O)CC(C)N(CC(=O)O)CC(=O)NCCCCCCCCCC. The molecule has 2 amide bonds. The molecule has 0 saturated carbocycles. The number of unbranched alkanes of at least 4 members (excludes halogenated alkanes) is 14. The van der Waals surface area contributed by atoms with Crippen LogP contribution in [0, 0.1) is 0 Å². The standard InChI is InChI=1S/C28H55N3O4/c1-4-6-8-10-12-14-16-18-20-29-26(32)22-25(3)31(24-28(34)35)23-27(33)30-21-19-17-15-13-11-9-7-5-2/h25H,4-24H2,1-3H3,(H,29,32)(H,30,33)(H,34,35). The van der Waals surface area contributed by atoms with E-state index in [1.165, 1.54) is 77.0 Å². The maximum absolute atomic E-state index is 12.3. The molecule has 35 heavy (non-hydrogen) atoms. The van der Waals surface area contributed by atoms with Gasteiger partial charge in [-0.3, -0.25) is 19.3 Å².